The van der Waals surface area contributed by atoms with Gasteiger partial charge in [0.1, 0.15) is 0 Å². The van der Waals surface area contributed by atoms with Crippen LogP contribution in [0.1, 0.15) is 28.9 Å². The van der Waals surface area contributed by atoms with E-state index in [9.17, 15) is 18.0 Å². The van der Waals surface area contributed by atoms with Crippen LogP contribution in [0.3, 0.4) is 0 Å². The summed E-state index contributed by atoms with van der Waals surface area (Å²) in [4.78, 5) is 14.3. The second-order valence-corrected chi connectivity index (χ2v) is 6.94. The number of hydrogen-bond donors (Lipinski definition) is 1. The van der Waals surface area contributed by atoms with Crippen molar-refractivity contribution in [3.05, 3.63) is 41.7 Å². The van der Waals surface area contributed by atoms with Gasteiger partial charge in [-0.2, -0.15) is 13.2 Å². The van der Waals surface area contributed by atoms with Gasteiger partial charge < -0.3 is 10.6 Å². The molecule has 2 fully saturated rings. The molecule has 0 spiro atoms. The predicted octanol–water partition coefficient (Wildman–Crippen LogP) is 2.52. The van der Waals surface area contributed by atoms with Crippen molar-refractivity contribution in [1.29, 1.82) is 0 Å². The number of alkyl halides is 3. The quantitative estimate of drug-likeness (QED) is 0.838. The molecule has 3 unspecified atom stereocenters. The fourth-order valence-electron chi connectivity index (χ4n) is 4.03. The minimum Gasteiger partial charge on any atom is -0.337 e. The van der Waals surface area contributed by atoms with Crippen LogP contribution in [0.4, 0.5) is 13.2 Å². The summed E-state index contributed by atoms with van der Waals surface area (Å²) in [7, 11) is 0. The number of aromatic nitrogens is 3. The van der Waals surface area contributed by atoms with Crippen LogP contribution in [-0.2, 0) is 6.18 Å². The molecule has 2 heterocycles. The van der Waals surface area contributed by atoms with E-state index in [2.05, 4.69) is 10.3 Å². The summed E-state index contributed by atoms with van der Waals surface area (Å²) >= 11 is 0. The molecular weight excluding hydrogens is 383 g/mol. The van der Waals surface area contributed by atoms with E-state index < -0.39 is 11.7 Å². The number of carbonyl (C=O) groups is 1. The van der Waals surface area contributed by atoms with Gasteiger partial charge in [-0.1, -0.05) is 17.3 Å². The van der Waals surface area contributed by atoms with Gasteiger partial charge in [0.25, 0.3) is 5.91 Å². The number of benzene rings is 1. The number of fused-ring (bicyclic) bond motifs is 1. The highest BCUT2D eigenvalue weighted by Gasteiger charge is 2.43. The van der Waals surface area contributed by atoms with Crippen LogP contribution in [0.15, 0.2) is 30.5 Å². The van der Waals surface area contributed by atoms with Gasteiger partial charge in [0.2, 0.25) is 0 Å². The molecular formula is C17H19ClF3N5O. The van der Waals surface area contributed by atoms with Crippen LogP contribution < -0.4 is 5.73 Å². The maximum absolute atomic E-state index is 13.2. The van der Waals surface area contributed by atoms with Gasteiger partial charge >= 0.3 is 6.18 Å². The number of halogens is 4. The smallest absolute Gasteiger partial charge is 0.337 e. The SMILES string of the molecule is Cl.NC1CCC2CN(C(=O)c3cn(-c4ccccc4C(F)(F)F)nn3)CC12. The predicted molar refractivity (Wildman–Crippen MR) is 93.7 cm³/mol. The Hall–Kier alpha value is -2.13. The Morgan fingerprint density at radius 2 is 1.93 bits per heavy atom. The lowest BCUT2D eigenvalue weighted by atomic mass is 9.98. The molecule has 2 aromatic rings. The lowest BCUT2D eigenvalue weighted by Gasteiger charge is -2.17. The summed E-state index contributed by atoms with van der Waals surface area (Å²) in [6, 6.07) is 5.16. The molecule has 3 atom stereocenters. The summed E-state index contributed by atoms with van der Waals surface area (Å²) in [5.41, 5.74) is 5.13. The molecule has 1 aromatic heterocycles. The molecule has 6 nitrogen and oxygen atoms in total. The number of para-hydroxylation sites is 1. The first-order valence-corrected chi connectivity index (χ1v) is 8.48. The monoisotopic (exact) mass is 401 g/mol. The minimum atomic E-state index is -4.52. The lowest BCUT2D eigenvalue weighted by molar-refractivity contribution is -0.137. The van der Waals surface area contributed by atoms with E-state index in [1.807, 2.05) is 0 Å². The molecule has 1 aromatic carbocycles. The highest BCUT2D eigenvalue weighted by Crippen LogP contribution is 2.37. The molecule has 0 bridgehead atoms. The second kappa shape index (κ2) is 7.12. The van der Waals surface area contributed by atoms with Gasteiger partial charge in [-0.3, -0.25) is 4.79 Å². The largest absolute Gasteiger partial charge is 0.418 e. The van der Waals surface area contributed by atoms with Crippen molar-refractivity contribution in [3.8, 4) is 5.69 Å². The number of amides is 1. The molecule has 1 amide bonds. The molecule has 27 heavy (non-hydrogen) atoms. The van der Waals surface area contributed by atoms with Crippen LogP contribution in [0.5, 0.6) is 0 Å². The fourth-order valence-corrected chi connectivity index (χ4v) is 4.03. The first-order chi connectivity index (χ1) is 12.3. The normalized spacial score (nSPS) is 24.6. The van der Waals surface area contributed by atoms with Gasteiger partial charge in [-0.05, 0) is 36.8 Å². The van der Waals surface area contributed by atoms with E-state index in [-0.39, 0.29) is 35.7 Å². The minimum absolute atomic E-state index is 0. The number of likely N-dealkylation sites (tertiary alicyclic amines) is 1. The van der Waals surface area contributed by atoms with Crippen molar-refractivity contribution in [2.45, 2.75) is 25.1 Å². The summed E-state index contributed by atoms with van der Waals surface area (Å²) in [6.07, 6.45) is -1.29. The molecule has 1 saturated carbocycles. The zero-order valence-electron chi connectivity index (χ0n) is 14.3. The fraction of sp³-hybridized carbons (Fsp3) is 0.471. The average molecular weight is 402 g/mol. The molecule has 1 aliphatic carbocycles. The maximum Gasteiger partial charge on any atom is 0.418 e. The Balaban J connectivity index is 0.00000210. The average Bonchev–Trinajstić information content (AvgIpc) is 3.31. The van der Waals surface area contributed by atoms with Crippen LogP contribution in [0, 0.1) is 11.8 Å². The van der Waals surface area contributed by atoms with E-state index in [0.717, 1.165) is 23.6 Å². The maximum atomic E-state index is 13.2. The first-order valence-electron chi connectivity index (χ1n) is 8.48. The summed E-state index contributed by atoms with van der Waals surface area (Å²) in [5, 5.41) is 7.53. The molecule has 2 aliphatic rings. The Kier molecular flexibility index (Phi) is 5.18. The number of carbonyl (C=O) groups excluding carboxylic acids is 1. The van der Waals surface area contributed by atoms with Crippen molar-refractivity contribution in [3.63, 3.8) is 0 Å². The van der Waals surface area contributed by atoms with Crippen molar-refractivity contribution >= 4 is 18.3 Å². The van der Waals surface area contributed by atoms with E-state index in [1.165, 1.54) is 24.4 Å². The first kappa shape index (κ1) is 19.6. The zero-order chi connectivity index (χ0) is 18.5. The zero-order valence-corrected chi connectivity index (χ0v) is 15.1. The number of hydrogen-bond acceptors (Lipinski definition) is 4. The second-order valence-electron chi connectivity index (χ2n) is 6.94. The molecule has 146 valence electrons. The van der Waals surface area contributed by atoms with Crippen LogP contribution in [-0.4, -0.2) is 44.9 Å². The van der Waals surface area contributed by atoms with E-state index in [1.54, 1.807) is 4.90 Å². The molecule has 1 aliphatic heterocycles. The molecule has 0 radical (unpaired) electrons. The van der Waals surface area contributed by atoms with E-state index >= 15 is 0 Å². The van der Waals surface area contributed by atoms with Gasteiger partial charge in [0.15, 0.2) is 5.69 Å². The van der Waals surface area contributed by atoms with E-state index in [0.29, 0.717) is 24.9 Å². The Morgan fingerprint density at radius 3 is 2.63 bits per heavy atom. The third-order valence-corrected chi connectivity index (χ3v) is 5.37. The van der Waals surface area contributed by atoms with E-state index in [4.69, 9.17) is 5.73 Å². The molecule has 2 N–H and O–H groups in total. The Morgan fingerprint density at radius 1 is 1.19 bits per heavy atom. The van der Waals surface area contributed by atoms with Gasteiger partial charge in [-0.15, -0.1) is 17.5 Å². The summed E-state index contributed by atoms with van der Waals surface area (Å²) < 4.78 is 40.5. The molecule has 10 heteroatoms. The molecule has 1 saturated heterocycles. The number of nitrogens with zero attached hydrogens (tertiary/aromatic N) is 4. The third-order valence-electron chi connectivity index (χ3n) is 5.37. The van der Waals surface area contributed by atoms with Gasteiger partial charge in [0.05, 0.1) is 17.4 Å². The Labute approximate surface area is 159 Å². The number of rotatable bonds is 2. The van der Waals surface area contributed by atoms with Crippen LogP contribution in [0.2, 0.25) is 0 Å². The summed E-state index contributed by atoms with van der Waals surface area (Å²) in [6.45, 7) is 1.18. The van der Waals surface area contributed by atoms with Gasteiger partial charge in [0, 0.05) is 19.1 Å². The summed E-state index contributed by atoms with van der Waals surface area (Å²) in [5.74, 6) is 0.372. The highest BCUT2D eigenvalue weighted by atomic mass is 35.5. The van der Waals surface area contributed by atoms with Crippen LogP contribution in [0.25, 0.3) is 5.69 Å². The Bertz CT molecular complexity index is 840. The third kappa shape index (κ3) is 3.53. The van der Waals surface area contributed by atoms with Crippen molar-refractivity contribution < 1.29 is 18.0 Å². The van der Waals surface area contributed by atoms with Gasteiger partial charge in [-0.25, -0.2) is 4.68 Å². The molecule has 4 rings (SSSR count). The topological polar surface area (TPSA) is 77.0 Å². The van der Waals surface area contributed by atoms with Crippen LogP contribution >= 0.6 is 12.4 Å². The van der Waals surface area contributed by atoms with Crippen molar-refractivity contribution in [2.24, 2.45) is 17.6 Å². The van der Waals surface area contributed by atoms with Crippen molar-refractivity contribution in [2.75, 3.05) is 13.1 Å². The standard InChI is InChI=1S/C17H18F3N5O.ClH/c18-17(19,20)12-3-1-2-4-15(12)25-9-14(22-23-25)16(26)24-7-10-5-6-13(21)11(10)8-24;/h1-4,9-11,13H,5-8,21H2;1H. The highest BCUT2D eigenvalue weighted by molar-refractivity contribution is 5.92. The lowest BCUT2D eigenvalue weighted by Crippen LogP contribution is -2.33. The van der Waals surface area contributed by atoms with Crippen molar-refractivity contribution in [1.82, 2.24) is 19.9 Å². The number of nitrogens with two attached hydrogens (primary N) is 1.